The van der Waals surface area contributed by atoms with Gasteiger partial charge in [-0.2, -0.15) is 0 Å². The molecule has 0 spiro atoms. The van der Waals surface area contributed by atoms with Crippen molar-refractivity contribution in [3.8, 4) is 0 Å². The average molecular weight is 477 g/mol. The minimum atomic E-state index is -0.910. The van der Waals surface area contributed by atoms with Crippen LogP contribution in [-0.4, -0.2) is 43.8 Å². The van der Waals surface area contributed by atoms with E-state index in [1.807, 2.05) is 13.0 Å². The number of aliphatic hydroxyl groups excluding tert-OH is 2. The Labute approximate surface area is 208 Å². The van der Waals surface area contributed by atoms with Crippen molar-refractivity contribution < 1.29 is 20.4 Å². The minimum absolute atomic E-state index is 0.0157. The summed E-state index contributed by atoms with van der Waals surface area (Å²) in [5, 5.41) is 44.3. The van der Waals surface area contributed by atoms with Crippen LogP contribution >= 0.6 is 0 Å². The Balaban J connectivity index is 1.66. The van der Waals surface area contributed by atoms with E-state index >= 15 is 0 Å². The summed E-state index contributed by atoms with van der Waals surface area (Å²) in [4.78, 5) is 0. The molecule has 196 valence electrons. The molecule has 4 aliphatic rings. The lowest BCUT2D eigenvalue weighted by Crippen LogP contribution is -2.66. The van der Waals surface area contributed by atoms with Gasteiger partial charge in [0.15, 0.2) is 0 Å². The highest BCUT2D eigenvalue weighted by molar-refractivity contribution is 5.20. The molecule has 0 heterocycles. The summed E-state index contributed by atoms with van der Waals surface area (Å²) in [5.41, 5.74) is -1.66. The second-order valence-electron chi connectivity index (χ2n) is 15.0. The Kier molecular flexibility index (Phi) is 6.30. The van der Waals surface area contributed by atoms with E-state index in [0.29, 0.717) is 18.3 Å². The van der Waals surface area contributed by atoms with Gasteiger partial charge in [-0.15, -0.1) is 0 Å². The van der Waals surface area contributed by atoms with Crippen LogP contribution in [0.25, 0.3) is 0 Å². The normalized spacial score (nSPS) is 50.4. The smallest absolute Gasteiger partial charge is 0.0771 e. The van der Waals surface area contributed by atoms with Crippen molar-refractivity contribution in [3.05, 3.63) is 12.2 Å². The second-order valence-corrected chi connectivity index (χ2v) is 15.0. The number of hydrogen-bond acceptors (Lipinski definition) is 4. The third-order valence-electron chi connectivity index (χ3n) is 12.2. The summed E-state index contributed by atoms with van der Waals surface area (Å²) in [5.74, 6) is 1.04. The van der Waals surface area contributed by atoms with Gasteiger partial charge < -0.3 is 20.4 Å². The summed E-state index contributed by atoms with van der Waals surface area (Å²) in [6.45, 7) is 17.3. The lowest BCUT2D eigenvalue weighted by molar-refractivity contribution is -0.246. The van der Waals surface area contributed by atoms with Crippen LogP contribution in [0.1, 0.15) is 107 Å². The van der Waals surface area contributed by atoms with Crippen molar-refractivity contribution in [1.29, 1.82) is 0 Å². The van der Waals surface area contributed by atoms with E-state index in [0.717, 1.165) is 44.9 Å². The quantitative estimate of drug-likeness (QED) is 0.406. The van der Waals surface area contributed by atoms with E-state index in [-0.39, 0.29) is 39.6 Å². The Morgan fingerprint density at radius 1 is 0.824 bits per heavy atom. The third kappa shape index (κ3) is 3.76. The fraction of sp³-hybridized carbons (Fsp3) is 0.933. The van der Waals surface area contributed by atoms with Crippen LogP contribution in [0, 0.1) is 45.3 Å². The maximum atomic E-state index is 11.8. The van der Waals surface area contributed by atoms with Crippen LogP contribution < -0.4 is 0 Å². The maximum absolute atomic E-state index is 11.8. The van der Waals surface area contributed by atoms with Gasteiger partial charge in [-0.1, -0.05) is 46.8 Å². The van der Waals surface area contributed by atoms with Gasteiger partial charge in [0.05, 0.1) is 23.4 Å². The van der Waals surface area contributed by atoms with Gasteiger partial charge in [0.2, 0.25) is 0 Å². The van der Waals surface area contributed by atoms with Crippen molar-refractivity contribution >= 4 is 0 Å². The molecule has 4 fully saturated rings. The zero-order valence-corrected chi connectivity index (χ0v) is 23.1. The first-order chi connectivity index (χ1) is 15.4. The molecule has 4 saturated carbocycles. The fourth-order valence-corrected chi connectivity index (χ4v) is 10.2. The molecule has 0 aromatic carbocycles. The SMILES string of the molecule is CC(C)(O)C=CCC(C)(O)C1CC[C@]2(C)C1[C@H](O)CC1[C@@]3(C)CC[C@@H](O)C(C)(C)C3CC[C@]12C. The average Bonchev–Trinajstić information content (AvgIpc) is 3.07. The molecule has 4 N–H and O–H groups in total. The molecule has 4 rings (SSSR count). The molecule has 0 saturated heterocycles. The molecular weight excluding hydrogens is 424 g/mol. The standard InChI is InChI=1S/C30H52O4/c1-25(2,33)13-9-14-30(8,34)19-10-16-29(7)24(19)20(31)18-22-27(5)15-12-23(32)26(3,4)21(27)11-17-28(22,29)6/h9,13,19-24,31-34H,10-12,14-18H2,1-8H3/t19?,20-,21?,22?,23-,24?,27+,28-,29-,30?/m1/s1. The summed E-state index contributed by atoms with van der Waals surface area (Å²) >= 11 is 0. The van der Waals surface area contributed by atoms with E-state index in [4.69, 9.17) is 0 Å². The van der Waals surface area contributed by atoms with E-state index in [2.05, 4.69) is 34.6 Å². The monoisotopic (exact) mass is 476 g/mol. The summed E-state index contributed by atoms with van der Waals surface area (Å²) in [6.07, 6.45) is 10.5. The molecule has 10 atom stereocenters. The number of rotatable bonds is 4. The molecule has 0 radical (unpaired) electrons. The van der Waals surface area contributed by atoms with Gasteiger partial charge in [-0.05, 0) is 117 Å². The van der Waals surface area contributed by atoms with Gasteiger partial charge in [0.25, 0.3) is 0 Å². The predicted octanol–water partition coefficient (Wildman–Crippen LogP) is 5.47. The van der Waals surface area contributed by atoms with Crippen LogP contribution in [0.15, 0.2) is 12.2 Å². The van der Waals surface area contributed by atoms with Crippen LogP contribution in [0.5, 0.6) is 0 Å². The number of aliphatic hydroxyl groups is 4. The Hall–Kier alpha value is -0.420. The Morgan fingerprint density at radius 3 is 2.06 bits per heavy atom. The highest BCUT2D eigenvalue weighted by Crippen LogP contribution is 2.75. The van der Waals surface area contributed by atoms with Crippen molar-refractivity contribution in [3.63, 3.8) is 0 Å². The molecule has 4 aliphatic carbocycles. The van der Waals surface area contributed by atoms with Crippen molar-refractivity contribution in [2.24, 2.45) is 45.3 Å². The van der Waals surface area contributed by atoms with Gasteiger partial charge in [0.1, 0.15) is 0 Å². The van der Waals surface area contributed by atoms with Crippen LogP contribution in [0.2, 0.25) is 0 Å². The van der Waals surface area contributed by atoms with E-state index < -0.39 is 17.3 Å². The number of hydrogen-bond donors (Lipinski definition) is 4. The summed E-state index contributed by atoms with van der Waals surface area (Å²) in [6, 6.07) is 0. The van der Waals surface area contributed by atoms with Crippen molar-refractivity contribution in [1.82, 2.24) is 0 Å². The van der Waals surface area contributed by atoms with E-state index in [1.54, 1.807) is 19.9 Å². The molecule has 0 amide bonds. The first-order valence-corrected chi connectivity index (χ1v) is 13.9. The molecular formula is C30H52O4. The minimum Gasteiger partial charge on any atom is -0.393 e. The van der Waals surface area contributed by atoms with Crippen LogP contribution in [0.4, 0.5) is 0 Å². The molecule has 0 aromatic rings. The van der Waals surface area contributed by atoms with Crippen molar-refractivity contribution in [2.75, 3.05) is 0 Å². The summed E-state index contributed by atoms with van der Waals surface area (Å²) < 4.78 is 0. The zero-order chi connectivity index (χ0) is 25.5. The van der Waals surface area contributed by atoms with Gasteiger partial charge in [-0.3, -0.25) is 0 Å². The maximum Gasteiger partial charge on any atom is 0.0771 e. The third-order valence-corrected chi connectivity index (χ3v) is 12.2. The van der Waals surface area contributed by atoms with Crippen LogP contribution in [0.3, 0.4) is 0 Å². The second kappa shape index (κ2) is 8.04. The molecule has 34 heavy (non-hydrogen) atoms. The fourth-order valence-electron chi connectivity index (χ4n) is 10.2. The van der Waals surface area contributed by atoms with E-state index in [1.165, 1.54) is 0 Å². The van der Waals surface area contributed by atoms with E-state index in [9.17, 15) is 20.4 Å². The first kappa shape index (κ1) is 26.6. The molecule has 4 nitrogen and oxygen atoms in total. The highest BCUT2D eigenvalue weighted by atomic mass is 16.3. The largest absolute Gasteiger partial charge is 0.393 e. The molecule has 4 heteroatoms. The highest BCUT2D eigenvalue weighted by Gasteiger charge is 2.71. The molecule has 0 bridgehead atoms. The van der Waals surface area contributed by atoms with Crippen molar-refractivity contribution in [2.45, 2.75) is 130 Å². The topological polar surface area (TPSA) is 80.9 Å². The molecule has 0 aromatic heterocycles. The summed E-state index contributed by atoms with van der Waals surface area (Å²) in [7, 11) is 0. The molecule has 0 aliphatic heterocycles. The lowest BCUT2D eigenvalue weighted by Gasteiger charge is -2.70. The van der Waals surface area contributed by atoms with Gasteiger partial charge in [0, 0.05) is 0 Å². The van der Waals surface area contributed by atoms with Crippen LogP contribution in [-0.2, 0) is 0 Å². The zero-order valence-electron chi connectivity index (χ0n) is 23.1. The van der Waals surface area contributed by atoms with Gasteiger partial charge in [-0.25, -0.2) is 0 Å². The first-order valence-electron chi connectivity index (χ1n) is 13.9. The lowest BCUT2D eigenvalue weighted by atomic mass is 9.35. The Bertz CT molecular complexity index is 809. The Morgan fingerprint density at radius 2 is 1.44 bits per heavy atom. The number of fused-ring (bicyclic) bond motifs is 5. The predicted molar refractivity (Wildman–Crippen MR) is 137 cm³/mol. The van der Waals surface area contributed by atoms with Gasteiger partial charge >= 0.3 is 0 Å². The molecule has 5 unspecified atom stereocenters.